The van der Waals surface area contributed by atoms with Gasteiger partial charge in [-0.25, -0.2) is 4.98 Å². The van der Waals surface area contributed by atoms with Crippen molar-refractivity contribution in [2.45, 2.75) is 30.3 Å². The molecule has 8 nitrogen and oxygen atoms in total. The fourth-order valence-electron chi connectivity index (χ4n) is 3.54. The smallest absolute Gasteiger partial charge is 0.376 e. The highest BCUT2D eigenvalue weighted by Crippen LogP contribution is 2.34. The zero-order valence-corrected chi connectivity index (χ0v) is 18.0. The lowest BCUT2D eigenvalue weighted by Crippen LogP contribution is -2.32. The van der Waals surface area contributed by atoms with Crippen LogP contribution in [0.25, 0.3) is 16.7 Å². The van der Waals surface area contributed by atoms with E-state index < -0.39 is 16.7 Å². The van der Waals surface area contributed by atoms with Crippen LogP contribution >= 0.6 is 11.8 Å². The summed E-state index contributed by atoms with van der Waals surface area (Å²) in [6.45, 7) is 1.05. The highest BCUT2D eigenvalue weighted by Gasteiger charge is 2.31. The number of aromatic nitrogens is 2. The molecule has 0 saturated carbocycles. The van der Waals surface area contributed by atoms with Gasteiger partial charge in [0, 0.05) is 31.0 Å². The van der Waals surface area contributed by atoms with Crippen molar-refractivity contribution >= 4 is 34.4 Å². The monoisotopic (exact) mass is 480 g/mol. The number of imidazole rings is 1. The molecule has 0 aliphatic carbocycles. The molecule has 2 heterocycles. The summed E-state index contributed by atoms with van der Waals surface area (Å²) in [5.74, 6) is -0.305. The van der Waals surface area contributed by atoms with Gasteiger partial charge in [0.05, 0.1) is 33.4 Å². The fraction of sp³-hybridized carbons (Fsp3) is 0.333. The van der Waals surface area contributed by atoms with Crippen LogP contribution in [-0.4, -0.2) is 45.4 Å². The van der Waals surface area contributed by atoms with Crippen LogP contribution in [0.4, 0.5) is 18.9 Å². The number of ether oxygens (including phenoxy) is 1. The second kappa shape index (κ2) is 9.40. The van der Waals surface area contributed by atoms with Crippen molar-refractivity contribution in [2.75, 3.05) is 18.9 Å². The van der Waals surface area contributed by atoms with Gasteiger partial charge in [0.15, 0.2) is 5.16 Å². The predicted molar refractivity (Wildman–Crippen MR) is 115 cm³/mol. The molecule has 0 bridgehead atoms. The molecule has 1 amide bonds. The van der Waals surface area contributed by atoms with Gasteiger partial charge in [-0.3, -0.25) is 19.5 Å². The number of thioether (sulfide) groups is 1. The van der Waals surface area contributed by atoms with E-state index in [1.54, 1.807) is 0 Å². The van der Waals surface area contributed by atoms with Crippen molar-refractivity contribution in [3.8, 4) is 5.69 Å². The Labute approximate surface area is 190 Å². The number of hydrogen-bond acceptors (Lipinski definition) is 6. The van der Waals surface area contributed by atoms with Gasteiger partial charge in [0.25, 0.3) is 5.69 Å². The molecule has 12 heteroatoms. The largest absolute Gasteiger partial charge is 0.416 e. The number of nitrogens with one attached hydrogen (secondary N) is 1. The van der Waals surface area contributed by atoms with Crippen LogP contribution in [0.3, 0.4) is 0 Å². The number of nitro benzene ring substituents is 1. The maximum absolute atomic E-state index is 13.3. The third-order valence-electron chi connectivity index (χ3n) is 5.13. The zero-order valence-electron chi connectivity index (χ0n) is 17.2. The second-order valence-corrected chi connectivity index (χ2v) is 8.38. The van der Waals surface area contributed by atoms with E-state index in [0.29, 0.717) is 18.7 Å². The lowest BCUT2D eigenvalue weighted by molar-refractivity contribution is -0.384. The summed E-state index contributed by atoms with van der Waals surface area (Å²) in [7, 11) is 0. The lowest BCUT2D eigenvalue weighted by Gasteiger charge is -2.13. The summed E-state index contributed by atoms with van der Waals surface area (Å²) < 4.78 is 46.7. The maximum Gasteiger partial charge on any atom is 0.416 e. The molecule has 4 rings (SSSR count). The van der Waals surface area contributed by atoms with Gasteiger partial charge in [-0.1, -0.05) is 17.8 Å². The molecule has 1 saturated heterocycles. The van der Waals surface area contributed by atoms with Gasteiger partial charge in [-0.2, -0.15) is 13.2 Å². The first-order chi connectivity index (χ1) is 15.7. The van der Waals surface area contributed by atoms with Crippen LogP contribution in [-0.2, 0) is 15.7 Å². The summed E-state index contributed by atoms with van der Waals surface area (Å²) in [4.78, 5) is 27.2. The first kappa shape index (κ1) is 23.1. The van der Waals surface area contributed by atoms with Gasteiger partial charge >= 0.3 is 6.18 Å². The Morgan fingerprint density at radius 3 is 2.82 bits per heavy atom. The molecule has 1 N–H and O–H groups in total. The molecule has 1 fully saturated rings. The van der Waals surface area contributed by atoms with E-state index in [1.165, 1.54) is 34.9 Å². The van der Waals surface area contributed by atoms with Crippen LogP contribution in [0.5, 0.6) is 0 Å². The number of benzene rings is 2. The summed E-state index contributed by atoms with van der Waals surface area (Å²) in [5.41, 5.74) is -0.217. The highest BCUT2D eigenvalue weighted by atomic mass is 32.2. The summed E-state index contributed by atoms with van der Waals surface area (Å²) in [6.07, 6.45) is -2.74. The van der Waals surface area contributed by atoms with E-state index >= 15 is 0 Å². The molecule has 0 radical (unpaired) electrons. The minimum Gasteiger partial charge on any atom is -0.376 e. The van der Waals surface area contributed by atoms with Crippen molar-refractivity contribution in [2.24, 2.45) is 0 Å². The number of carbonyl (C=O) groups excluding carboxylic acids is 1. The Morgan fingerprint density at radius 1 is 1.30 bits per heavy atom. The Balaban J connectivity index is 1.64. The number of fused-ring (bicyclic) bond motifs is 1. The molecular weight excluding hydrogens is 461 g/mol. The molecule has 1 aliphatic rings. The Bertz CT molecular complexity index is 1190. The van der Waals surface area contributed by atoms with Crippen molar-refractivity contribution < 1.29 is 27.6 Å². The average molecular weight is 480 g/mol. The van der Waals surface area contributed by atoms with E-state index in [1.807, 2.05) is 0 Å². The lowest BCUT2D eigenvalue weighted by atomic mass is 10.2. The minimum atomic E-state index is -4.54. The number of hydrogen-bond donors (Lipinski definition) is 1. The second-order valence-electron chi connectivity index (χ2n) is 7.44. The first-order valence-corrected chi connectivity index (χ1v) is 11.1. The molecular formula is C21H19F3N4O4S. The quantitative estimate of drug-likeness (QED) is 0.307. The molecule has 0 unspecified atom stereocenters. The Kier molecular flexibility index (Phi) is 6.56. The maximum atomic E-state index is 13.3. The Morgan fingerprint density at radius 2 is 2.12 bits per heavy atom. The standard InChI is InChI=1S/C21H19F3N4O4S/c22-21(23,24)13-3-1-4-14(9-13)27-18-7-6-15(28(30)31)10-17(18)26-20(27)33-12-19(29)25-11-16-5-2-8-32-16/h1,3-4,6-7,9-10,16H,2,5,8,11-12H2,(H,25,29)/t16-/m1/s1. The number of amides is 1. The number of nitrogens with zero attached hydrogens (tertiary/aromatic N) is 3. The van der Waals surface area contributed by atoms with Gasteiger partial charge in [-0.15, -0.1) is 0 Å². The molecule has 1 aromatic heterocycles. The van der Waals surface area contributed by atoms with Gasteiger partial charge in [0.1, 0.15) is 0 Å². The number of carbonyl (C=O) groups is 1. The van der Waals surface area contributed by atoms with E-state index in [9.17, 15) is 28.1 Å². The number of rotatable bonds is 7. The van der Waals surface area contributed by atoms with E-state index in [-0.39, 0.29) is 39.8 Å². The minimum absolute atomic E-state index is 0.0193. The number of halogens is 3. The van der Waals surface area contributed by atoms with Gasteiger partial charge in [0.2, 0.25) is 5.91 Å². The number of nitro groups is 1. The summed E-state index contributed by atoms with van der Waals surface area (Å²) in [6, 6.07) is 8.64. The fourth-order valence-corrected chi connectivity index (χ4v) is 4.40. The topological polar surface area (TPSA) is 99.3 Å². The summed E-state index contributed by atoms with van der Waals surface area (Å²) in [5, 5.41) is 14.2. The molecule has 0 spiro atoms. The van der Waals surface area contributed by atoms with Crippen LogP contribution in [0.15, 0.2) is 47.6 Å². The van der Waals surface area contributed by atoms with Gasteiger partial charge in [-0.05, 0) is 37.1 Å². The van der Waals surface area contributed by atoms with Crippen molar-refractivity contribution in [3.05, 3.63) is 58.1 Å². The third-order valence-corrected chi connectivity index (χ3v) is 6.07. The SMILES string of the molecule is O=C(CSc1nc2cc([N+](=O)[O-])ccc2n1-c1cccc(C(F)(F)F)c1)NC[C@H]1CCCO1. The van der Waals surface area contributed by atoms with Crippen LogP contribution < -0.4 is 5.32 Å². The van der Waals surface area contributed by atoms with Crippen molar-refractivity contribution in [1.82, 2.24) is 14.9 Å². The molecule has 33 heavy (non-hydrogen) atoms. The van der Waals surface area contributed by atoms with E-state index in [2.05, 4.69) is 10.3 Å². The molecule has 1 aliphatic heterocycles. The van der Waals surface area contributed by atoms with E-state index in [4.69, 9.17) is 4.74 Å². The molecule has 3 aromatic rings. The highest BCUT2D eigenvalue weighted by molar-refractivity contribution is 7.99. The normalized spacial score (nSPS) is 16.3. The number of non-ortho nitro benzene ring substituents is 1. The average Bonchev–Trinajstić information content (AvgIpc) is 3.42. The summed E-state index contributed by atoms with van der Waals surface area (Å²) >= 11 is 1.03. The zero-order chi connectivity index (χ0) is 23.6. The van der Waals surface area contributed by atoms with E-state index in [0.717, 1.165) is 36.7 Å². The van der Waals surface area contributed by atoms with Gasteiger partial charge < -0.3 is 10.1 Å². The predicted octanol–water partition coefficient (Wildman–Crippen LogP) is 4.34. The number of alkyl halides is 3. The molecule has 1 atom stereocenters. The first-order valence-electron chi connectivity index (χ1n) is 10.1. The van der Waals surface area contributed by atoms with Crippen LogP contribution in [0, 0.1) is 10.1 Å². The van der Waals surface area contributed by atoms with Crippen molar-refractivity contribution in [3.63, 3.8) is 0 Å². The van der Waals surface area contributed by atoms with Crippen LogP contribution in [0.2, 0.25) is 0 Å². The Hall–Kier alpha value is -3.12. The third kappa shape index (κ3) is 5.28. The van der Waals surface area contributed by atoms with Crippen molar-refractivity contribution in [1.29, 1.82) is 0 Å². The molecule has 174 valence electrons. The molecule has 2 aromatic carbocycles. The van der Waals surface area contributed by atoms with Crippen LogP contribution in [0.1, 0.15) is 18.4 Å².